The van der Waals surface area contributed by atoms with Gasteiger partial charge in [-0.05, 0) is 63.9 Å². The SMILES string of the molecule is CCCNC(Cc1cc(Br)ccc1OC)C(C)(C)OCC. The fourth-order valence-electron chi connectivity index (χ4n) is 2.48. The van der Waals surface area contributed by atoms with Gasteiger partial charge in [0, 0.05) is 17.1 Å². The maximum absolute atomic E-state index is 5.95. The molecule has 120 valence electrons. The summed E-state index contributed by atoms with van der Waals surface area (Å²) in [6, 6.07) is 6.37. The number of methoxy groups -OCH3 is 1. The lowest BCUT2D eigenvalue weighted by atomic mass is 9.91. The topological polar surface area (TPSA) is 30.5 Å². The van der Waals surface area contributed by atoms with Crippen LogP contribution < -0.4 is 10.1 Å². The number of halogens is 1. The summed E-state index contributed by atoms with van der Waals surface area (Å²) in [5, 5.41) is 3.62. The molecule has 3 nitrogen and oxygen atoms in total. The summed E-state index contributed by atoms with van der Waals surface area (Å²) >= 11 is 3.54. The number of nitrogens with one attached hydrogen (secondary N) is 1. The van der Waals surface area contributed by atoms with E-state index in [-0.39, 0.29) is 11.6 Å². The van der Waals surface area contributed by atoms with Gasteiger partial charge in [-0.1, -0.05) is 22.9 Å². The molecule has 0 bridgehead atoms. The Morgan fingerprint density at radius 2 is 2.00 bits per heavy atom. The van der Waals surface area contributed by atoms with Crippen molar-refractivity contribution in [3.05, 3.63) is 28.2 Å². The molecule has 0 radical (unpaired) electrons. The van der Waals surface area contributed by atoms with E-state index in [1.807, 2.05) is 19.1 Å². The second kappa shape index (κ2) is 8.76. The van der Waals surface area contributed by atoms with Gasteiger partial charge in [0.1, 0.15) is 5.75 Å². The van der Waals surface area contributed by atoms with Gasteiger partial charge in [0.15, 0.2) is 0 Å². The zero-order valence-corrected chi connectivity index (χ0v) is 15.4. The van der Waals surface area contributed by atoms with Crippen molar-refractivity contribution in [1.29, 1.82) is 0 Å². The number of benzene rings is 1. The lowest BCUT2D eigenvalue weighted by Crippen LogP contribution is -2.50. The van der Waals surface area contributed by atoms with Gasteiger partial charge in [-0.25, -0.2) is 0 Å². The molecule has 0 aliphatic carbocycles. The summed E-state index contributed by atoms with van der Waals surface area (Å²) in [5.41, 5.74) is 0.963. The van der Waals surface area contributed by atoms with Crippen LogP contribution in [0.2, 0.25) is 0 Å². The number of hydrogen-bond acceptors (Lipinski definition) is 3. The Hall–Kier alpha value is -0.580. The van der Waals surface area contributed by atoms with E-state index in [0.717, 1.165) is 29.6 Å². The van der Waals surface area contributed by atoms with E-state index in [9.17, 15) is 0 Å². The average Bonchev–Trinajstić information content (AvgIpc) is 2.43. The molecule has 4 heteroatoms. The molecular weight excluding hydrogens is 330 g/mol. The highest BCUT2D eigenvalue weighted by Gasteiger charge is 2.30. The third-order valence-electron chi connectivity index (χ3n) is 3.66. The van der Waals surface area contributed by atoms with Crippen LogP contribution in [0.3, 0.4) is 0 Å². The summed E-state index contributed by atoms with van der Waals surface area (Å²) in [7, 11) is 1.72. The van der Waals surface area contributed by atoms with Crippen molar-refractivity contribution in [2.45, 2.75) is 52.2 Å². The lowest BCUT2D eigenvalue weighted by molar-refractivity contribution is -0.0380. The molecule has 1 atom stereocenters. The van der Waals surface area contributed by atoms with Crippen LogP contribution in [-0.2, 0) is 11.2 Å². The van der Waals surface area contributed by atoms with Gasteiger partial charge in [-0.3, -0.25) is 0 Å². The number of rotatable bonds is 9. The molecule has 0 aromatic heterocycles. The van der Waals surface area contributed by atoms with Gasteiger partial charge in [-0.15, -0.1) is 0 Å². The Labute approximate surface area is 137 Å². The van der Waals surface area contributed by atoms with Crippen LogP contribution in [0.1, 0.15) is 39.7 Å². The molecule has 0 amide bonds. The number of hydrogen-bond donors (Lipinski definition) is 1. The van der Waals surface area contributed by atoms with Crippen LogP contribution in [0.5, 0.6) is 5.75 Å². The van der Waals surface area contributed by atoms with Crippen molar-refractivity contribution in [1.82, 2.24) is 5.32 Å². The Balaban J connectivity index is 2.97. The molecule has 0 saturated heterocycles. The molecule has 1 rings (SSSR count). The molecule has 0 aliphatic heterocycles. The van der Waals surface area contributed by atoms with Crippen molar-refractivity contribution in [3.63, 3.8) is 0 Å². The van der Waals surface area contributed by atoms with Crippen LogP contribution in [0, 0.1) is 0 Å². The third kappa shape index (κ3) is 5.61. The van der Waals surface area contributed by atoms with E-state index in [0.29, 0.717) is 6.61 Å². The molecule has 21 heavy (non-hydrogen) atoms. The van der Waals surface area contributed by atoms with Gasteiger partial charge >= 0.3 is 0 Å². The van der Waals surface area contributed by atoms with E-state index in [2.05, 4.69) is 48.1 Å². The maximum Gasteiger partial charge on any atom is 0.122 e. The van der Waals surface area contributed by atoms with E-state index in [1.165, 1.54) is 5.56 Å². The van der Waals surface area contributed by atoms with Crippen LogP contribution >= 0.6 is 15.9 Å². The summed E-state index contributed by atoms with van der Waals surface area (Å²) < 4.78 is 12.5. The zero-order valence-electron chi connectivity index (χ0n) is 13.8. The first-order valence-corrected chi connectivity index (χ1v) is 8.43. The highest BCUT2D eigenvalue weighted by Crippen LogP contribution is 2.27. The Kier molecular flexibility index (Phi) is 7.71. The van der Waals surface area contributed by atoms with Gasteiger partial charge in [0.2, 0.25) is 0 Å². The molecule has 1 unspecified atom stereocenters. The van der Waals surface area contributed by atoms with Gasteiger partial charge in [-0.2, -0.15) is 0 Å². The Bertz CT molecular complexity index is 435. The summed E-state index contributed by atoms with van der Waals surface area (Å²) in [6.45, 7) is 10.2. The molecule has 1 N–H and O–H groups in total. The molecule has 0 saturated carbocycles. The van der Waals surface area contributed by atoms with Crippen molar-refractivity contribution >= 4 is 15.9 Å². The second-order valence-corrected chi connectivity index (χ2v) is 6.62. The molecule has 0 aliphatic rings. The molecule has 1 aromatic carbocycles. The summed E-state index contributed by atoms with van der Waals surface area (Å²) in [5.74, 6) is 0.925. The van der Waals surface area contributed by atoms with Crippen LogP contribution in [0.25, 0.3) is 0 Å². The minimum Gasteiger partial charge on any atom is -0.496 e. The lowest BCUT2D eigenvalue weighted by Gasteiger charge is -2.35. The van der Waals surface area contributed by atoms with Crippen LogP contribution in [0.4, 0.5) is 0 Å². The largest absolute Gasteiger partial charge is 0.496 e. The smallest absolute Gasteiger partial charge is 0.122 e. The monoisotopic (exact) mass is 357 g/mol. The minimum atomic E-state index is -0.225. The normalized spacial score (nSPS) is 13.2. The molecule has 0 spiro atoms. The van der Waals surface area contributed by atoms with Crippen molar-refractivity contribution in [3.8, 4) is 5.75 Å². The van der Waals surface area contributed by atoms with Crippen molar-refractivity contribution in [2.24, 2.45) is 0 Å². The Morgan fingerprint density at radius 1 is 1.29 bits per heavy atom. The Morgan fingerprint density at radius 3 is 2.57 bits per heavy atom. The second-order valence-electron chi connectivity index (χ2n) is 5.70. The van der Waals surface area contributed by atoms with Crippen LogP contribution in [0.15, 0.2) is 22.7 Å². The predicted octanol–water partition coefficient (Wildman–Crippen LogP) is 4.18. The molecule has 0 fully saturated rings. The molecule has 0 heterocycles. The quantitative estimate of drug-likeness (QED) is 0.718. The van der Waals surface area contributed by atoms with E-state index >= 15 is 0 Å². The van der Waals surface area contributed by atoms with E-state index in [4.69, 9.17) is 9.47 Å². The fraction of sp³-hybridized carbons (Fsp3) is 0.647. The van der Waals surface area contributed by atoms with Gasteiger partial charge in [0.25, 0.3) is 0 Å². The summed E-state index contributed by atoms with van der Waals surface area (Å²) in [6.07, 6.45) is 1.98. The van der Waals surface area contributed by atoms with Crippen molar-refractivity contribution in [2.75, 3.05) is 20.3 Å². The van der Waals surface area contributed by atoms with E-state index < -0.39 is 0 Å². The minimum absolute atomic E-state index is 0.225. The molecule has 1 aromatic rings. The van der Waals surface area contributed by atoms with Crippen molar-refractivity contribution < 1.29 is 9.47 Å². The first-order chi connectivity index (χ1) is 9.94. The molecular formula is C17H28BrNO2. The average molecular weight is 358 g/mol. The van der Waals surface area contributed by atoms with Gasteiger partial charge in [0.05, 0.1) is 12.7 Å². The first kappa shape index (κ1) is 18.5. The standard InChI is InChI=1S/C17H28BrNO2/c1-6-10-19-16(17(3,4)21-7-2)12-13-11-14(18)8-9-15(13)20-5/h8-9,11,16,19H,6-7,10,12H2,1-5H3. The highest BCUT2D eigenvalue weighted by molar-refractivity contribution is 9.10. The first-order valence-electron chi connectivity index (χ1n) is 7.64. The maximum atomic E-state index is 5.95. The fourth-order valence-corrected chi connectivity index (χ4v) is 2.89. The predicted molar refractivity (Wildman–Crippen MR) is 92.2 cm³/mol. The zero-order chi connectivity index (χ0) is 15.9. The van der Waals surface area contributed by atoms with E-state index in [1.54, 1.807) is 7.11 Å². The number of ether oxygens (including phenoxy) is 2. The highest BCUT2D eigenvalue weighted by atomic mass is 79.9. The van der Waals surface area contributed by atoms with Gasteiger partial charge < -0.3 is 14.8 Å². The summed E-state index contributed by atoms with van der Waals surface area (Å²) in [4.78, 5) is 0. The third-order valence-corrected chi connectivity index (χ3v) is 4.16. The van der Waals surface area contributed by atoms with Crippen LogP contribution in [-0.4, -0.2) is 31.9 Å².